The van der Waals surface area contributed by atoms with Crippen LogP contribution < -0.4 is 5.32 Å². The Morgan fingerprint density at radius 2 is 2.10 bits per heavy atom. The molecule has 2 rings (SSSR count). The summed E-state index contributed by atoms with van der Waals surface area (Å²) >= 11 is 1.50. The number of nitrogens with zero attached hydrogens (tertiary/aromatic N) is 2. The van der Waals surface area contributed by atoms with Crippen LogP contribution in [-0.2, 0) is 16.1 Å². The van der Waals surface area contributed by atoms with Gasteiger partial charge < -0.3 is 10.2 Å². The van der Waals surface area contributed by atoms with Crippen molar-refractivity contribution < 1.29 is 9.59 Å². The highest BCUT2D eigenvalue weighted by Crippen LogP contribution is 2.32. The molecule has 1 aliphatic heterocycles. The molecule has 5 nitrogen and oxygen atoms in total. The van der Waals surface area contributed by atoms with Gasteiger partial charge in [0.25, 0.3) is 0 Å². The van der Waals surface area contributed by atoms with Crippen LogP contribution in [0.4, 0.5) is 0 Å². The van der Waals surface area contributed by atoms with E-state index >= 15 is 0 Å². The second-order valence-electron chi connectivity index (χ2n) is 6.75. The Kier molecular flexibility index (Phi) is 4.10. The van der Waals surface area contributed by atoms with Crippen molar-refractivity contribution in [3.63, 3.8) is 0 Å². The predicted octanol–water partition coefficient (Wildman–Crippen LogP) is 2.18. The molecule has 21 heavy (non-hydrogen) atoms. The second kappa shape index (κ2) is 5.40. The molecule has 1 aliphatic rings. The van der Waals surface area contributed by atoms with Crippen molar-refractivity contribution in [1.29, 1.82) is 0 Å². The van der Waals surface area contributed by atoms with E-state index in [1.807, 2.05) is 40.0 Å². The molecular weight excluding hydrogens is 286 g/mol. The van der Waals surface area contributed by atoms with Crippen LogP contribution in [0.25, 0.3) is 0 Å². The standard InChI is InChI=1S/C15H23N3O2S/c1-6-15(5)13(20)17-11(14(2,3)4)12(19)18(15)9-10-16-7-8-21-10/h7-8,11H,6,9H2,1-5H3,(H,17,20). The van der Waals surface area contributed by atoms with E-state index in [0.29, 0.717) is 13.0 Å². The molecule has 0 saturated carbocycles. The highest BCUT2D eigenvalue weighted by Gasteiger charge is 2.51. The van der Waals surface area contributed by atoms with Gasteiger partial charge in [-0.1, -0.05) is 27.7 Å². The molecule has 116 valence electrons. The van der Waals surface area contributed by atoms with Gasteiger partial charge in [0, 0.05) is 11.6 Å². The van der Waals surface area contributed by atoms with Crippen LogP contribution >= 0.6 is 11.3 Å². The highest BCUT2D eigenvalue weighted by atomic mass is 32.1. The lowest BCUT2D eigenvalue weighted by Gasteiger charge is -2.48. The smallest absolute Gasteiger partial charge is 0.246 e. The summed E-state index contributed by atoms with van der Waals surface area (Å²) in [6, 6.07) is -0.496. The van der Waals surface area contributed by atoms with Gasteiger partial charge in [0.05, 0.1) is 6.54 Å². The van der Waals surface area contributed by atoms with Gasteiger partial charge in [0.1, 0.15) is 16.6 Å². The summed E-state index contributed by atoms with van der Waals surface area (Å²) in [6.07, 6.45) is 2.30. The van der Waals surface area contributed by atoms with Gasteiger partial charge >= 0.3 is 0 Å². The minimum absolute atomic E-state index is 0.0262. The number of piperazine rings is 1. The molecule has 1 saturated heterocycles. The molecule has 1 aromatic heterocycles. The number of hydrogen-bond acceptors (Lipinski definition) is 4. The molecule has 0 bridgehead atoms. The summed E-state index contributed by atoms with van der Waals surface area (Å²) in [6.45, 7) is 10.0. The topological polar surface area (TPSA) is 62.3 Å². The van der Waals surface area contributed by atoms with Crippen LogP contribution in [0.15, 0.2) is 11.6 Å². The van der Waals surface area contributed by atoms with E-state index in [1.54, 1.807) is 11.1 Å². The van der Waals surface area contributed by atoms with Crippen molar-refractivity contribution in [3.05, 3.63) is 16.6 Å². The van der Waals surface area contributed by atoms with Crippen molar-refractivity contribution in [2.75, 3.05) is 0 Å². The molecule has 1 aromatic rings. The van der Waals surface area contributed by atoms with Crippen LogP contribution in [0.5, 0.6) is 0 Å². The van der Waals surface area contributed by atoms with Crippen LogP contribution in [0.1, 0.15) is 46.0 Å². The fourth-order valence-corrected chi connectivity index (χ4v) is 3.13. The Balaban J connectivity index is 2.38. The number of carbonyl (C=O) groups excluding carboxylic acids is 2. The monoisotopic (exact) mass is 309 g/mol. The molecule has 1 N–H and O–H groups in total. The van der Waals surface area contributed by atoms with E-state index in [1.165, 1.54) is 11.3 Å². The Hall–Kier alpha value is -1.43. The van der Waals surface area contributed by atoms with Gasteiger partial charge in [-0.25, -0.2) is 4.98 Å². The molecule has 6 heteroatoms. The number of aromatic nitrogens is 1. The SMILES string of the molecule is CCC1(C)C(=O)NC(C(C)(C)C)C(=O)N1Cc1nccs1. The van der Waals surface area contributed by atoms with E-state index in [9.17, 15) is 9.59 Å². The van der Waals surface area contributed by atoms with Crippen LogP contribution in [0.3, 0.4) is 0 Å². The van der Waals surface area contributed by atoms with Crippen molar-refractivity contribution in [3.8, 4) is 0 Å². The summed E-state index contributed by atoms with van der Waals surface area (Å²) in [5, 5.41) is 5.65. The normalized spacial score (nSPS) is 26.9. The van der Waals surface area contributed by atoms with Gasteiger partial charge in [-0.15, -0.1) is 11.3 Å². The average Bonchev–Trinajstić information content (AvgIpc) is 2.90. The number of nitrogens with one attached hydrogen (secondary N) is 1. The van der Waals surface area contributed by atoms with Gasteiger partial charge in [-0.05, 0) is 18.8 Å². The van der Waals surface area contributed by atoms with Crippen LogP contribution in [0, 0.1) is 5.41 Å². The molecule has 1 fully saturated rings. The zero-order valence-electron chi connectivity index (χ0n) is 13.3. The lowest BCUT2D eigenvalue weighted by molar-refractivity contribution is -0.160. The minimum Gasteiger partial charge on any atom is -0.342 e. The van der Waals surface area contributed by atoms with Crippen LogP contribution in [-0.4, -0.2) is 33.3 Å². The van der Waals surface area contributed by atoms with E-state index in [4.69, 9.17) is 0 Å². The lowest BCUT2D eigenvalue weighted by atomic mass is 9.80. The summed E-state index contributed by atoms with van der Waals surface area (Å²) in [5.41, 5.74) is -1.13. The van der Waals surface area contributed by atoms with Gasteiger partial charge in [-0.3, -0.25) is 9.59 Å². The van der Waals surface area contributed by atoms with Gasteiger partial charge in [0.15, 0.2) is 0 Å². The minimum atomic E-state index is -0.815. The molecule has 2 atom stereocenters. The third-order valence-electron chi connectivity index (χ3n) is 4.20. The Morgan fingerprint density at radius 1 is 1.43 bits per heavy atom. The van der Waals surface area contributed by atoms with E-state index in [-0.39, 0.29) is 17.2 Å². The van der Waals surface area contributed by atoms with Crippen molar-refractivity contribution >= 4 is 23.2 Å². The first-order valence-corrected chi connectivity index (χ1v) is 8.09. The first-order chi connectivity index (χ1) is 9.70. The fraction of sp³-hybridized carbons (Fsp3) is 0.667. The number of thiazole rings is 1. The summed E-state index contributed by atoms with van der Waals surface area (Å²) < 4.78 is 0. The van der Waals surface area contributed by atoms with Gasteiger partial charge in [-0.2, -0.15) is 0 Å². The lowest BCUT2D eigenvalue weighted by Crippen LogP contribution is -2.71. The highest BCUT2D eigenvalue weighted by molar-refractivity contribution is 7.09. The number of rotatable bonds is 3. The van der Waals surface area contributed by atoms with Crippen molar-refractivity contribution in [2.24, 2.45) is 5.41 Å². The maximum absolute atomic E-state index is 12.9. The quantitative estimate of drug-likeness (QED) is 0.931. The molecule has 0 radical (unpaired) electrons. The first kappa shape index (κ1) is 15.9. The summed E-state index contributed by atoms with van der Waals surface area (Å²) in [4.78, 5) is 31.4. The van der Waals surface area contributed by atoms with Crippen molar-refractivity contribution in [2.45, 2.75) is 59.2 Å². The summed E-state index contributed by atoms with van der Waals surface area (Å²) in [7, 11) is 0. The fourth-order valence-electron chi connectivity index (χ4n) is 2.53. The third-order valence-corrected chi connectivity index (χ3v) is 4.97. The van der Waals surface area contributed by atoms with Crippen LogP contribution in [0.2, 0.25) is 0 Å². The zero-order chi connectivity index (χ0) is 15.8. The first-order valence-electron chi connectivity index (χ1n) is 7.21. The van der Waals surface area contributed by atoms with Crippen molar-refractivity contribution in [1.82, 2.24) is 15.2 Å². The molecule has 2 heterocycles. The van der Waals surface area contributed by atoms with E-state index < -0.39 is 11.6 Å². The third kappa shape index (κ3) is 2.81. The molecule has 2 unspecified atom stereocenters. The number of carbonyl (C=O) groups is 2. The zero-order valence-corrected chi connectivity index (χ0v) is 14.1. The molecule has 0 aliphatic carbocycles. The Bertz CT molecular complexity index is 536. The molecule has 0 spiro atoms. The molecule has 0 aromatic carbocycles. The number of hydrogen-bond donors (Lipinski definition) is 1. The average molecular weight is 309 g/mol. The predicted molar refractivity (Wildman–Crippen MR) is 82.7 cm³/mol. The van der Waals surface area contributed by atoms with E-state index in [0.717, 1.165) is 5.01 Å². The Morgan fingerprint density at radius 3 is 2.57 bits per heavy atom. The summed E-state index contributed by atoms with van der Waals surface area (Å²) in [5.74, 6) is -0.109. The molecule has 2 amide bonds. The maximum Gasteiger partial charge on any atom is 0.246 e. The van der Waals surface area contributed by atoms with Gasteiger partial charge in [0.2, 0.25) is 11.8 Å². The number of amides is 2. The molecular formula is C15H23N3O2S. The largest absolute Gasteiger partial charge is 0.342 e. The van der Waals surface area contributed by atoms with E-state index in [2.05, 4.69) is 10.3 Å². The Labute approximate surface area is 129 Å². The second-order valence-corrected chi connectivity index (χ2v) is 7.73. The maximum atomic E-state index is 12.9.